The van der Waals surface area contributed by atoms with Crippen LogP contribution in [-0.2, 0) is 16.6 Å². The Balaban J connectivity index is 1.84. The molecule has 8 nitrogen and oxygen atoms in total. The van der Waals surface area contributed by atoms with Crippen LogP contribution in [0.15, 0.2) is 71.6 Å². The Morgan fingerprint density at radius 1 is 1.00 bits per heavy atom. The summed E-state index contributed by atoms with van der Waals surface area (Å²) < 4.78 is 23.3. The molecule has 3 aromatic rings. The van der Waals surface area contributed by atoms with Crippen LogP contribution in [0.3, 0.4) is 0 Å². The predicted octanol–water partition coefficient (Wildman–Crippen LogP) is 4.25. The smallest absolute Gasteiger partial charge is 0.312 e. The summed E-state index contributed by atoms with van der Waals surface area (Å²) in [5.41, 5.74) is 1.59. The number of para-hydroxylation sites is 1. The lowest BCUT2D eigenvalue weighted by Gasteiger charge is -2.12. The molecule has 0 aromatic heterocycles. The molecule has 0 saturated heterocycles. The second-order valence-corrected chi connectivity index (χ2v) is 8.05. The number of halogens is 1. The summed E-state index contributed by atoms with van der Waals surface area (Å²) >= 11 is 6.32. The van der Waals surface area contributed by atoms with Crippen molar-refractivity contribution < 1.29 is 13.3 Å². The highest BCUT2D eigenvalue weighted by molar-refractivity contribution is 7.89. The van der Waals surface area contributed by atoms with Gasteiger partial charge in [0.05, 0.1) is 15.6 Å². The lowest BCUT2D eigenvalue weighted by molar-refractivity contribution is -0.386. The third-order valence-corrected chi connectivity index (χ3v) is 5.32. The summed E-state index contributed by atoms with van der Waals surface area (Å²) in [6, 6.07) is 18.6. The molecule has 0 aliphatic carbocycles. The molecular formula is C19H17ClN4O4S. The number of nitro benzene ring substituents is 1. The Kier molecular flexibility index (Phi) is 6.02. The molecule has 10 heteroatoms. The predicted molar refractivity (Wildman–Crippen MR) is 113 cm³/mol. The lowest BCUT2D eigenvalue weighted by atomic mass is 10.2. The Labute approximate surface area is 172 Å². The van der Waals surface area contributed by atoms with E-state index in [0.29, 0.717) is 22.9 Å². The van der Waals surface area contributed by atoms with Crippen LogP contribution in [0.25, 0.3) is 0 Å². The van der Waals surface area contributed by atoms with Gasteiger partial charge in [-0.25, -0.2) is 13.6 Å². The van der Waals surface area contributed by atoms with Gasteiger partial charge in [0.15, 0.2) is 4.90 Å². The first-order valence-corrected chi connectivity index (χ1v) is 10.3. The number of benzene rings is 3. The minimum Gasteiger partial charge on any atom is -0.380 e. The van der Waals surface area contributed by atoms with Crippen molar-refractivity contribution in [3.05, 3.63) is 87.4 Å². The van der Waals surface area contributed by atoms with Gasteiger partial charge in [-0.1, -0.05) is 48.0 Å². The zero-order chi connectivity index (χ0) is 21.0. The maximum atomic E-state index is 11.7. The second-order valence-electron chi connectivity index (χ2n) is 6.11. The molecule has 0 radical (unpaired) electrons. The number of nitro groups is 1. The maximum absolute atomic E-state index is 11.7. The zero-order valence-corrected chi connectivity index (χ0v) is 16.6. The van der Waals surface area contributed by atoms with Gasteiger partial charge >= 0.3 is 5.69 Å². The summed E-state index contributed by atoms with van der Waals surface area (Å²) in [7, 11) is -4.26. The molecule has 0 saturated carbocycles. The number of hydrogen-bond acceptors (Lipinski definition) is 6. The van der Waals surface area contributed by atoms with E-state index in [1.807, 2.05) is 30.3 Å². The minimum absolute atomic E-state index is 0.0115. The van der Waals surface area contributed by atoms with Gasteiger partial charge in [-0.05, 0) is 35.9 Å². The molecule has 3 aromatic carbocycles. The molecule has 0 bridgehead atoms. The lowest BCUT2D eigenvalue weighted by Crippen LogP contribution is -2.15. The molecule has 0 atom stereocenters. The quantitative estimate of drug-likeness (QED) is 0.378. The first kappa shape index (κ1) is 20.6. The number of rotatable bonds is 7. The van der Waals surface area contributed by atoms with E-state index in [1.165, 1.54) is 12.1 Å². The highest BCUT2D eigenvalue weighted by Gasteiger charge is 2.26. The maximum Gasteiger partial charge on any atom is 0.312 e. The van der Waals surface area contributed by atoms with E-state index in [-0.39, 0.29) is 5.69 Å². The van der Waals surface area contributed by atoms with Gasteiger partial charge in [-0.3, -0.25) is 10.1 Å². The fourth-order valence-electron chi connectivity index (χ4n) is 2.73. The van der Waals surface area contributed by atoms with Gasteiger partial charge in [0.2, 0.25) is 10.0 Å². The van der Waals surface area contributed by atoms with Crippen molar-refractivity contribution in [3.8, 4) is 0 Å². The number of hydrogen-bond donors (Lipinski definition) is 3. The summed E-state index contributed by atoms with van der Waals surface area (Å²) in [6.45, 7) is 0.579. The minimum atomic E-state index is -4.26. The van der Waals surface area contributed by atoms with Gasteiger partial charge in [-0.2, -0.15) is 0 Å². The summed E-state index contributed by atoms with van der Waals surface area (Å²) in [6.07, 6.45) is 0. The molecule has 0 fully saturated rings. The van der Waals surface area contributed by atoms with E-state index in [2.05, 4.69) is 10.6 Å². The average Bonchev–Trinajstić information content (AvgIpc) is 2.67. The number of nitrogens with two attached hydrogens (primary N) is 1. The number of primary sulfonamides is 1. The van der Waals surface area contributed by atoms with E-state index in [4.69, 9.17) is 16.7 Å². The number of nitrogens with zero attached hydrogens (tertiary/aromatic N) is 1. The summed E-state index contributed by atoms with van der Waals surface area (Å²) in [5, 5.41) is 23.0. The molecule has 3 rings (SSSR count). The van der Waals surface area contributed by atoms with Crippen LogP contribution in [0, 0.1) is 10.1 Å². The van der Waals surface area contributed by atoms with Gasteiger partial charge in [0, 0.05) is 12.2 Å². The molecule has 0 amide bonds. The third kappa shape index (κ3) is 5.02. The third-order valence-electron chi connectivity index (χ3n) is 4.06. The Morgan fingerprint density at radius 3 is 2.34 bits per heavy atom. The highest BCUT2D eigenvalue weighted by Crippen LogP contribution is 2.35. The van der Waals surface area contributed by atoms with Crippen LogP contribution in [0.2, 0.25) is 5.02 Å². The molecular weight excluding hydrogens is 416 g/mol. The Hall–Kier alpha value is -3.14. The largest absolute Gasteiger partial charge is 0.380 e. The van der Waals surface area contributed by atoms with Crippen molar-refractivity contribution in [2.75, 3.05) is 10.6 Å². The molecule has 0 heterocycles. The van der Waals surface area contributed by atoms with Crippen LogP contribution >= 0.6 is 11.6 Å². The molecule has 0 spiro atoms. The fraction of sp³-hybridized carbons (Fsp3) is 0.0526. The first-order chi connectivity index (χ1) is 13.8. The Morgan fingerprint density at radius 2 is 1.72 bits per heavy atom. The van der Waals surface area contributed by atoms with Gasteiger partial charge in [-0.15, -0.1) is 0 Å². The number of anilines is 3. The van der Waals surface area contributed by atoms with E-state index in [0.717, 1.165) is 11.6 Å². The fourth-order valence-corrected chi connectivity index (χ4v) is 3.70. The van der Waals surface area contributed by atoms with E-state index in [9.17, 15) is 18.5 Å². The van der Waals surface area contributed by atoms with Gasteiger partial charge < -0.3 is 10.6 Å². The molecule has 0 aliphatic heterocycles. The zero-order valence-electron chi connectivity index (χ0n) is 15.0. The normalized spacial score (nSPS) is 11.1. The van der Waals surface area contributed by atoms with Crippen molar-refractivity contribution in [2.45, 2.75) is 11.4 Å². The van der Waals surface area contributed by atoms with Gasteiger partial charge in [0.25, 0.3) is 0 Å². The van der Waals surface area contributed by atoms with Crippen LogP contribution in [-0.4, -0.2) is 13.3 Å². The van der Waals surface area contributed by atoms with Crippen molar-refractivity contribution in [1.29, 1.82) is 0 Å². The summed E-state index contributed by atoms with van der Waals surface area (Å²) in [4.78, 5) is 10.1. The van der Waals surface area contributed by atoms with Crippen molar-refractivity contribution in [1.82, 2.24) is 0 Å². The molecule has 0 aliphatic rings. The van der Waals surface area contributed by atoms with Crippen LogP contribution in [0.1, 0.15) is 5.56 Å². The van der Waals surface area contributed by atoms with Crippen molar-refractivity contribution in [3.63, 3.8) is 0 Å². The van der Waals surface area contributed by atoms with E-state index in [1.54, 1.807) is 18.2 Å². The summed E-state index contributed by atoms with van der Waals surface area (Å²) in [5.74, 6) is 0. The van der Waals surface area contributed by atoms with Crippen LogP contribution in [0.4, 0.5) is 22.7 Å². The van der Waals surface area contributed by atoms with E-state index >= 15 is 0 Å². The Bertz CT molecular complexity index is 1150. The average molecular weight is 433 g/mol. The molecule has 150 valence electrons. The molecule has 0 unspecified atom stereocenters. The van der Waals surface area contributed by atoms with Crippen LogP contribution in [0.5, 0.6) is 0 Å². The second kappa shape index (κ2) is 8.48. The molecule has 29 heavy (non-hydrogen) atoms. The SMILES string of the molecule is NS(=O)(=O)c1cccc(Nc2ccc(NCc3ccccc3)c(Cl)c2)c1[N+](=O)[O-]. The first-order valence-electron chi connectivity index (χ1n) is 8.40. The van der Waals surface area contributed by atoms with Gasteiger partial charge in [0.1, 0.15) is 5.69 Å². The number of sulfonamides is 1. The van der Waals surface area contributed by atoms with Crippen molar-refractivity contribution in [2.24, 2.45) is 5.14 Å². The standard InChI is InChI=1S/C19H17ClN4O4S/c20-15-11-14(9-10-16(15)22-12-13-5-2-1-3-6-13)23-17-7-4-8-18(29(21,27)28)19(17)24(25)26/h1-11,22-23H,12H2,(H2,21,27,28). The van der Waals surface area contributed by atoms with Crippen molar-refractivity contribution >= 4 is 44.4 Å². The highest BCUT2D eigenvalue weighted by atomic mass is 35.5. The number of nitrogens with one attached hydrogen (secondary N) is 2. The monoisotopic (exact) mass is 432 g/mol. The van der Waals surface area contributed by atoms with Crippen LogP contribution < -0.4 is 15.8 Å². The molecule has 4 N–H and O–H groups in total. The van der Waals surface area contributed by atoms with E-state index < -0.39 is 25.5 Å². The topological polar surface area (TPSA) is 127 Å².